The molecule has 1 saturated heterocycles. The van der Waals surface area contributed by atoms with Gasteiger partial charge in [0.25, 0.3) is 11.8 Å². The quantitative estimate of drug-likeness (QED) is 0.656. The number of amides is 2. The van der Waals surface area contributed by atoms with Gasteiger partial charge in [0.1, 0.15) is 5.75 Å². The average Bonchev–Trinajstić information content (AvgIpc) is 3.16. The Kier molecular flexibility index (Phi) is 5.06. The van der Waals surface area contributed by atoms with Gasteiger partial charge in [-0.15, -0.1) is 13.2 Å². The lowest BCUT2D eigenvalue weighted by Gasteiger charge is -2.34. The van der Waals surface area contributed by atoms with Crippen LogP contribution >= 0.6 is 0 Å². The molecule has 2 amide bonds. The molecule has 1 aliphatic rings. The van der Waals surface area contributed by atoms with Gasteiger partial charge in [-0.05, 0) is 36.4 Å². The van der Waals surface area contributed by atoms with E-state index in [4.69, 9.17) is 0 Å². The number of carbonyl (C=O) groups is 2. The largest absolute Gasteiger partial charge is 0.573 e. The van der Waals surface area contributed by atoms with Gasteiger partial charge in [-0.2, -0.15) is 5.10 Å². The van der Waals surface area contributed by atoms with E-state index in [1.54, 1.807) is 20.5 Å². The first kappa shape index (κ1) is 19.7. The van der Waals surface area contributed by atoms with Gasteiger partial charge in [0.05, 0.1) is 17.3 Å². The minimum atomic E-state index is -4.78. The van der Waals surface area contributed by atoms with Crippen LogP contribution in [0.2, 0.25) is 0 Å². The number of benzene rings is 1. The maximum absolute atomic E-state index is 12.8. The standard InChI is InChI=1S/C20H17F3N4O3/c21-20(22,23)30-15-6-4-14(5-7-15)18(28)25-9-11-26(12-10-25)19(29)16-13-24-27-8-2-1-3-17(16)27/h1-8,13H,9-12H2. The Labute approximate surface area is 169 Å². The van der Waals surface area contributed by atoms with Crippen LogP contribution in [-0.4, -0.2) is 63.8 Å². The van der Waals surface area contributed by atoms with Crippen molar-refractivity contribution in [1.29, 1.82) is 0 Å². The molecule has 1 aromatic carbocycles. The molecule has 4 rings (SSSR count). The monoisotopic (exact) mass is 418 g/mol. The van der Waals surface area contributed by atoms with E-state index >= 15 is 0 Å². The van der Waals surface area contributed by atoms with Crippen LogP contribution in [0.3, 0.4) is 0 Å². The number of rotatable bonds is 3. The lowest BCUT2D eigenvalue weighted by atomic mass is 10.1. The summed E-state index contributed by atoms with van der Waals surface area (Å²) < 4.78 is 42.2. The van der Waals surface area contributed by atoms with Crippen molar-refractivity contribution in [2.75, 3.05) is 26.2 Å². The normalized spacial score (nSPS) is 14.8. The van der Waals surface area contributed by atoms with Gasteiger partial charge in [-0.1, -0.05) is 6.07 Å². The second kappa shape index (κ2) is 7.69. The van der Waals surface area contributed by atoms with E-state index in [-0.39, 0.29) is 23.1 Å². The fourth-order valence-electron chi connectivity index (χ4n) is 3.36. The van der Waals surface area contributed by atoms with Crippen LogP contribution in [0.15, 0.2) is 54.9 Å². The molecule has 1 fully saturated rings. The smallest absolute Gasteiger partial charge is 0.406 e. The van der Waals surface area contributed by atoms with Crippen LogP contribution in [0.4, 0.5) is 13.2 Å². The molecule has 2 aromatic heterocycles. The van der Waals surface area contributed by atoms with Crippen molar-refractivity contribution in [3.8, 4) is 5.75 Å². The van der Waals surface area contributed by atoms with E-state index in [1.807, 2.05) is 18.2 Å². The molecule has 0 N–H and O–H groups in total. The third-order valence-electron chi connectivity index (χ3n) is 4.85. The summed E-state index contributed by atoms with van der Waals surface area (Å²) in [4.78, 5) is 28.7. The van der Waals surface area contributed by atoms with Gasteiger partial charge in [-0.3, -0.25) is 9.59 Å². The maximum atomic E-state index is 12.8. The number of fused-ring (bicyclic) bond motifs is 1. The molecule has 0 aliphatic carbocycles. The second-order valence-corrected chi connectivity index (χ2v) is 6.75. The van der Waals surface area contributed by atoms with Gasteiger partial charge in [0.15, 0.2) is 0 Å². The summed E-state index contributed by atoms with van der Waals surface area (Å²) in [6.07, 6.45) is -1.50. The number of ether oxygens (including phenoxy) is 1. The van der Waals surface area contributed by atoms with Crippen molar-refractivity contribution in [3.05, 3.63) is 66.0 Å². The molecule has 3 heterocycles. The highest BCUT2D eigenvalue weighted by atomic mass is 19.4. The molecule has 7 nitrogen and oxygen atoms in total. The van der Waals surface area contributed by atoms with Gasteiger partial charge in [-0.25, -0.2) is 4.52 Å². The number of piperazine rings is 1. The number of aromatic nitrogens is 2. The number of nitrogens with zero attached hydrogens (tertiary/aromatic N) is 4. The molecule has 3 aromatic rings. The molecule has 0 spiro atoms. The first-order valence-corrected chi connectivity index (χ1v) is 9.18. The molecule has 1 aliphatic heterocycles. The molecule has 156 valence electrons. The summed E-state index contributed by atoms with van der Waals surface area (Å²) >= 11 is 0. The Morgan fingerprint density at radius 2 is 1.53 bits per heavy atom. The average molecular weight is 418 g/mol. The van der Waals surface area contributed by atoms with Crippen LogP contribution in [0.1, 0.15) is 20.7 Å². The Morgan fingerprint density at radius 3 is 2.17 bits per heavy atom. The fraction of sp³-hybridized carbons (Fsp3) is 0.250. The van der Waals surface area contributed by atoms with E-state index in [1.165, 1.54) is 18.3 Å². The van der Waals surface area contributed by atoms with Crippen molar-refractivity contribution >= 4 is 17.3 Å². The molecule has 0 saturated carbocycles. The number of pyridine rings is 1. The number of carbonyl (C=O) groups excluding carboxylic acids is 2. The highest BCUT2D eigenvalue weighted by Gasteiger charge is 2.31. The molecular weight excluding hydrogens is 401 g/mol. The zero-order valence-electron chi connectivity index (χ0n) is 15.7. The number of alkyl halides is 3. The van der Waals surface area contributed by atoms with Gasteiger partial charge in [0.2, 0.25) is 0 Å². The zero-order valence-corrected chi connectivity index (χ0v) is 15.7. The number of halogens is 3. The zero-order chi connectivity index (χ0) is 21.3. The highest BCUT2D eigenvalue weighted by Crippen LogP contribution is 2.23. The Morgan fingerprint density at radius 1 is 0.900 bits per heavy atom. The van der Waals surface area contributed by atoms with Crippen LogP contribution in [0.5, 0.6) is 5.75 Å². The number of hydrogen-bond donors (Lipinski definition) is 0. The van der Waals surface area contributed by atoms with Crippen molar-refractivity contribution in [2.45, 2.75) is 6.36 Å². The summed E-state index contributed by atoms with van der Waals surface area (Å²) in [6.45, 7) is 1.35. The minimum absolute atomic E-state index is 0.156. The van der Waals surface area contributed by atoms with Crippen molar-refractivity contribution in [1.82, 2.24) is 19.4 Å². The maximum Gasteiger partial charge on any atom is 0.573 e. The summed E-state index contributed by atoms with van der Waals surface area (Å²) in [5, 5.41) is 4.17. The van der Waals surface area contributed by atoms with Crippen molar-refractivity contribution < 1.29 is 27.5 Å². The van der Waals surface area contributed by atoms with Crippen molar-refractivity contribution in [2.24, 2.45) is 0 Å². The highest BCUT2D eigenvalue weighted by molar-refractivity contribution is 6.01. The van der Waals surface area contributed by atoms with E-state index in [0.29, 0.717) is 37.3 Å². The lowest BCUT2D eigenvalue weighted by Crippen LogP contribution is -2.50. The molecule has 0 bridgehead atoms. The van der Waals surface area contributed by atoms with E-state index in [9.17, 15) is 22.8 Å². The topological polar surface area (TPSA) is 67.2 Å². The van der Waals surface area contributed by atoms with Crippen molar-refractivity contribution in [3.63, 3.8) is 0 Å². The van der Waals surface area contributed by atoms with Crippen LogP contribution < -0.4 is 4.74 Å². The lowest BCUT2D eigenvalue weighted by molar-refractivity contribution is -0.274. The first-order chi connectivity index (χ1) is 14.3. The molecule has 0 unspecified atom stereocenters. The summed E-state index contributed by atoms with van der Waals surface area (Å²) in [5.41, 5.74) is 1.46. The Bertz CT molecular complexity index is 1070. The van der Waals surface area contributed by atoms with Crippen LogP contribution in [0.25, 0.3) is 5.52 Å². The second-order valence-electron chi connectivity index (χ2n) is 6.75. The van der Waals surface area contributed by atoms with E-state index < -0.39 is 6.36 Å². The third-order valence-corrected chi connectivity index (χ3v) is 4.85. The van der Waals surface area contributed by atoms with E-state index in [0.717, 1.165) is 12.1 Å². The van der Waals surface area contributed by atoms with Crippen LogP contribution in [-0.2, 0) is 0 Å². The summed E-state index contributed by atoms with van der Waals surface area (Å²) in [6, 6.07) is 10.2. The molecule has 30 heavy (non-hydrogen) atoms. The summed E-state index contributed by atoms with van der Waals surface area (Å²) in [7, 11) is 0. The molecular formula is C20H17F3N4O3. The summed E-state index contributed by atoms with van der Waals surface area (Å²) in [5.74, 6) is -0.850. The van der Waals surface area contributed by atoms with E-state index in [2.05, 4.69) is 9.84 Å². The Balaban J connectivity index is 1.38. The molecule has 10 heteroatoms. The SMILES string of the molecule is O=C(c1ccc(OC(F)(F)F)cc1)N1CCN(C(=O)c2cnn3ccccc23)CC1. The molecule has 0 atom stereocenters. The minimum Gasteiger partial charge on any atom is -0.406 e. The van der Waals surface area contributed by atoms with Gasteiger partial charge in [0, 0.05) is 37.9 Å². The predicted octanol–water partition coefficient (Wildman–Crippen LogP) is 2.83. The fourth-order valence-corrected chi connectivity index (χ4v) is 3.36. The van der Waals surface area contributed by atoms with Crippen LogP contribution in [0, 0.1) is 0 Å². The molecule has 0 radical (unpaired) electrons. The first-order valence-electron chi connectivity index (χ1n) is 9.18. The van der Waals surface area contributed by atoms with Gasteiger partial charge >= 0.3 is 6.36 Å². The Hall–Kier alpha value is -3.56. The van der Waals surface area contributed by atoms with Gasteiger partial charge < -0.3 is 14.5 Å². The number of hydrogen-bond acceptors (Lipinski definition) is 4. The third kappa shape index (κ3) is 4.07. The predicted molar refractivity (Wildman–Crippen MR) is 100 cm³/mol.